The zero-order valence-electron chi connectivity index (χ0n) is 9.68. The van der Waals surface area contributed by atoms with Crippen LogP contribution >= 0.6 is 27.5 Å². The van der Waals surface area contributed by atoms with Gasteiger partial charge in [0.15, 0.2) is 0 Å². The molecule has 18 heavy (non-hydrogen) atoms. The molecule has 0 saturated carbocycles. The van der Waals surface area contributed by atoms with Crippen LogP contribution in [0.4, 0.5) is 0 Å². The second kappa shape index (κ2) is 4.71. The van der Waals surface area contributed by atoms with Crippen LogP contribution in [0, 0.1) is 0 Å². The molecular formula is C14H10BrNOS. The minimum Gasteiger partial charge on any atom is -0.497 e. The van der Waals surface area contributed by atoms with Gasteiger partial charge in [0.05, 0.1) is 17.5 Å². The van der Waals surface area contributed by atoms with Gasteiger partial charge in [0.25, 0.3) is 0 Å². The summed E-state index contributed by atoms with van der Waals surface area (Å²) in [6, 6.07) is 14.2. The fourth-order valence-electron chi connectivity index (χ4n) is 1.87. The monoisotopic (exact) mass is 319 g/mol. The molecule has 0 atom stereocenters. The number of aromatic nitrogens is 1. The maximum absolute atomic E-state index is 5.17. The topological polar surface area (TPSA) is 22.1 Å². The normalized spacial score (nSPS) is 10.8. The summed E-state index contributed by atoms with van der Waals surface area (Å²) in [4.78, 5) is 0. The van der Waals surface area contributed by atoms with Crippen molar-refractivity contribution in [2.24, 2.45) is 0 Å². The average molecular weight is 320 g/mol. The molecule has 0 aliphatic heterocycles. The molecule has 0 unspecified atom stereocenters. The average Bonchev–Trinajstić information content (AvgIpc) is 2.81. The van der Waals surface area contributed by atoms with Gasteiger partial charge in [-0.1, -0.05) is 22.0 Å². The largest absolute Gasteiger partial charge is 0.497 e. The molecule has 3 aromatic rings. The first-order chi connectivity index (χ1) is 8.78. The lowest BCUT2D eigenvalue weighted by Crippen LogP contribution is -1.83. The van der Waals surface area contributed by atoms with Crippen molar-refractivity contribution in [2.75, 3.05) is 7.11 Å². The summed E-state index contributed by atoms with van der Waals surface area (Å²) in [5.74, 6) is 0.862. The van der Waals surface area contributed by atoms with Crippen molar-refractivity contribution in [3.05, 3.63) is 46.9 Å². The molecular weight excluding hydrogens is 310 g/mol. The summed E-state index contributed by atoms with van der Waals surface area (Å²) in [5, 5.41) is 1.19. The number of hydrogen-bond acceptors (Lipinski definition) is 3. The maximum Gasteiger partial charge on any atom is 0.118 e. The molecule has 0 aliphatic carbocycles. The number of hydrogen-bond donors (Lipinski definition) is 0. The number of rotatable bonds is 2. The van der Waals surface area contributed by atoms with E-state index in [2.05, 4.69) is 32.4 Å². The lowest BCUT2D eigenvalue weighted by Gasteiger charge is -2.01. The summed E-state index contributed by atoms with van der Waals surface area (Å²) in [7, 11) is 1.67. The van der Waals surface area contributed by atoms with Gasteiger partial charge in [-0.2, -0.15) is 4.37 Å². The summed E-state index contributed by atoms with van der Waals surface area (Å²) < 4.78 is 12.0. The molecule has 0 spiro atoms. The Bertz CT molecular complexity index is 691. The number of ether oxygens (including phenoxy) is 1. The minimum absolute atomic E-state index is 0.862. The molecule has 0 fully saturated rings. The second-order valence-electron chi connectivity index (χ2n) is 3.90. The summed E-state index contributed by atoms with van der Waals surface area (Å²) in [6.07, 6.45) is 0. The molecule has 0 aliphatic rings. The molecule has 2 aromatic carbocycles. The zero-order chi connectivity index (χ0) is 12.5. The molecule has 1 heterocycles. The third-order valence-corrected chi connectivity index (χ3v) is 4.10. The van der Waals surface area contributed by atoms with Crippen molar-refractivity contribution in [2.45, 2.75) is 0 Å². The van der Waals surface area contributed by atoms with Crippen molar-refractivity contribution < 1.29 is 4.74 Å². The lowest BCUT2D eigenvalue weighted by atomic mass is 10.1. The Morgan fingerprint density at radius 2 is 1.89 bits per heavy atom. The Morgan fingerprint density at radius 1 is 1.11 bits per heavy atom. The van der Waals surface area contributed by atoms with E-state index < -0.39 is 0 Å². The van der Waals surface area contributed by atoms with Gasteiger partial charge in [-0.15, -0.1) is 0 Å². The van der Waals surface area contributed by atoms with E-state index in [1.165, 1.54) is 21.6 Å². The van der Waals surface area contributed by atoms with Crippen LogP contribution in [0.5, 0.6) is 5.75 Å². The molecule has 3 rings (SSSR count). The van der Waals surface area contributed by atoms with Crippen molar-refractivity contribution >= 4 is 37.5 Å². The van der Waals surface area contributed by atoms with E-state index in [0.29, 0.717) is 0 Å². The second-order valence-corrected chi connectivity index (χ2v) is 5.62. The third kappa shape index (κ3) is 2.02. The predicted molar refractivity (Wildman–Crippen MR) is 79.3 cm³/mol. The Morgan fingerprint density at radius 3 is 2.61 bits per heavy atom. The minimum atomic E-state index is 0.862. The Kier molecular flexibility index (Phi) is 3.06. The van der Waals surface area contributed by atoms with E-state index in [0.717, 1.165) is 21.5 Å². The van der Waals surface area contributed by atoms with Crippen LogP contribution in [0.3, 0.4) is 0 Å². The summed E-state index contributed by atoms with van der Waals surface area (Å²) in [5.41, 5.74) is 2.15. The van der Waals surface area contributed by atoms with Crippen molar-refractivity contribution in [1.29, 1.82) is 0 Å². The Hall–Kier alpha value is -1.39. The van der Waals surface area contributed by atoms with Crippen LogP contribution in [0.1, 0.15) is 0 Å². The quantitative estimate of drug-likeness (QED) is 0.681. The smallest absolute Gasteiger partial charge is 0.118 e. The van der Waals surface area contributed by atoms with Crippen LogP contribution < -0.4 is 4.74 Å². The van der Waals surface area contributed by atoms with Crippen LogP contribution in [0.15, 0.2) is 46.9 Å². The number of fused-ring (bicyclic) bond motifs is 1. The number of nitrogens with zero attached hydrogens (tertiary/aromatic N) is 1. The summed E-state index contributed by atoms with van der Waals surface area (Å²) in [6.45, 7) is 0. The number of methoxy groups -OCH3 is 1. The van der Waals surface area contributed by atoms with Crippen molar-refractivity contribution in [3.63, 3.8) is 0 Å². The van der Waals surface area contributed by atoms with Crippen molar-refractivity contribution in [3.8, 4) is 17.0 Å². The summed E-state index contributed by atoms with van der Waals surface area (Å²) >= 11 is 5.00. The van der Waals surface area contributed by atoms with Crippen LogP contribution in [-0.2, 0) is 0 Å². The highest BCUT2D eigenvalue weighted by Crippen LogP contribution is 2.33. The molecule has 2 nitrogen and oxygen atoms in total. The van der Waals surface area contributed by atoms with E-state index >= 15 is 0 Å². The fraction of sp³-hybridized carbons (Fsp3) is 0.0714. The molecule has 0 N–H and O–H groups in total. The van der Waals surface area contributed by atoms with E-state index in [-0.39, 0.29) is 0 Å². The zero-order valence-corrected chi connectivity index (χ0v) is 12.1. The first kappa shape index (κ1) is 11.7. The van der Waals surface area contributed by atoms with Crippen molar-refractivity contribution in [1.82, 2.24) is 4.37 Å². The van der Waals surface area contributed by atoms with E-state index in [4.69, 9.17) is 4.74 Å². The van der Waals surface area contributed by atoms with Crippen LogP contribution in [0.25, 0.3) is 21.3 Å². The first-order valence-electron chi connectivity index (χ1n) is 5.47. The van der Waals surface area contributed by atoms with Gasteiger partial charge in [-0.05, 0) is 47.9 Å². The number of halogens is 1. The Labute approximate surface area is 118 Å². The van der Waals surface area contributed by atoms with Gasteiger partial charge >= 0.3 is 0 Å². The highest BCUT2D eigenvalue weighted by Gasteiger charge is 2.08. The van der Waals surface area contributed by atoms with Crippen LogP contribution in [-0.4, -0.2) is 11.5 Å². The van der Waals surface area contributed by atoms with Gasteiger partial charge in [-0.3, -0.25) is 0 Å². The van der Waals surface area contributed by atoms with Crippen LogP contribution in [0.2, 0.25) is 0 Å². The highest BCUT2D eigenvalue weighted by molar-refractivity contribution is 9.10. The molecule has 4 heteroatoms. The molecule has 0 bridgehead atoms. The van der Waals surface area contributed by atoms with E-state index in [1.54, 1.807) is 7.11 Å². The van der Waals surface area contributed by atoms with E-state index in [1.807, 2.05) is 30.3 Å². The predicted octanol–water partition coefficient (Wildman–Crippen LogP) is 4.73. The lowest BCUT2D eigenvalue weighted by molar-refractivity contribution is 0.415. The third-order valence-electron chi connectivity index (χ3n) is 2.80. The standard InChI is InChI=1S/C14H10BrNOS/c1-17-11-5-2-9(3-6-11)14-12-7-4-10(15)8-13(12)18-16-14/h2-8H,1H3. The van der Waals surface area contributed by atoms with Gasteiger partial charge in [-0.25, -0.2) is 0 Å². The SMILES string of the molecule is COc1ccc(-c2nsc3cc(Br)ccc23)cc1. The molecule has 0 radical (unpaired) electrons. The van der Waals surface area contributed by atoms with Gasteiger partial charge in [0, 0.05) is 15.4 Å². The van der Waals surface area contributed by atoms with Gasteiger partial charge in [0.2, 0.25) is 0 Å². The molecule has 90 valence electrons. The van der Waals surface area contributed by atoms with Gasteiger partial charge < -0.3 is 4.74 Å². The highest BCUT2D eigenvalue weighted by atomic mass is 79.9. The van der Waals surface area contributed by atoms with E-state index in [9.17, 15) is 0 Å². The molecule has 1 aromatic heterocycles. The Balaban J connectivity index is 2.13. The first-order valence-corrected chi connectivity index (χ1v) is 7.04. The molecule has 0 amide bonds. The molecule has 0 saturated heterocycles. The van der Waals surface area contributed by atoms with Gasteiger partial charge in [0.1, 0.15) is 5.75 Å². The maximum atomic E-state index is 5.17. The number of benzene rings is 2. The fourth-order valence-corrected chi connectivity index (χ4v) is 3.22.